The van der Waals surface area contributed by atoms with Crippen molar-refractivity contribution >= 4 is 11.6 Å². The second-order valence-electron chi connectivity index (χ2n) is 2.73. The fourth-order valence-electron chi connectivity index (χ4n) is 0.942. The standard InChI is InChI=1S/C8H8ClF2NO2/c9-5-2-7(14)6(13)1-4(5)8(10,11)3-12/h1-2,13-14H,3,12H2. The first kappa shape index (κ1) is 11.0. The topological polar surface area (TPSA) is 66.5 Å². The van der Waals surface area contributed by atoms with Gasteiger partial charge in [-0.2, -0.15) is 8.78 Å². The highest BCUT2D eigenvalue weighted by Gasteiger charge is 2.33. The molecule has 3 nitrogen and oxygen atoms in total. The molecular formula is C8H8ClF2NO2. The van der Waals surface area contributed by atoms with Gasteiger partial charge in [0.15, 0.2) is 11.5 Å². The minimum Gasteiger partial charge on any atom is -0.504 e. The monoisotopic (exact) mass is 223 g/mol. The van der Waals surface area contributed by atoms with Crippen LogP contribution in [0.4, 0.5) is 8.78 Å². The van der Waals surface area contributed by atoms with Gasteiger partial charge >= 0.3 is 0 Å². The summed E-state index contributed by atoms with van der Waals surface area (Å²) in [6.45, 7) is -0.920. The lowest BCUT2D eigenvalue weighted by Crippen LogP contribution is -2.25. The molecule has 0 radical (unpaired) electrons. The van der Waals surface area contributed by atoms with Gasteiger partial charge in [-0.15, -0.1) is 0 Å². The third-order valence-corrected chi connectivity index (χ3v) is 2.03. The Hall–Kier alpha value is -1.07. The number of halogens is 3. The summed E-state index contributed by atoms with van der Waals surface area (Å²) in [5.74, 6) is -4.52. The predicted octanol–water partition coefficient (Wildman–Crippen LogP) is 1.80. The van der Waals surface area contributed by atoms with Gasteiger partial charge in [-0.1, -0.05) is 11.6 Å². The summed E-state index contributed by atoms with van der Waals surface area (Å²) in [6.07, 6.45) is 0. The van der Waals surface area contributed by atoms with Crippen molar-refractivity contribution in [2.45, 2.75) is 5.92 Å². The number of benzene rings is 1. The van der Waals surface area contributed by atoms with Crippen LogP contribution in [0.3, 0.4) is 0 Å². The van der Waals surface area contributed by atoms with Crippen molar-refractivity contribution in [2.75, 3.05) is 6.54 Å². The second kappa shape index (κ2) is 3.59. The molecule has 0 saturated carbocycles. The van der Waals surface area contributed by atoms with E-state index in [-0.39, 0.29) is 5.02 Å². The summed E-state index contributed by atoms with van der Waals surface area (Å²) in [5, 5.41) is 17.6. The van der Waals surface area contributed by atoms with Gasteiger partial charge in [0.2, 0.25) is 0 Å². The molecule has 0 atom stereocenters. The number of hydrogen-bond donors (Lipinski definition) is 3. The van der Waals surface area contributed by atoms with Gasteiger partial charge in [0.25, 0.3) is 5.92 Å². The molecule has 0 saturated heterocycles. The van der Waals surface area contributed by atoms with E-state index < -0.39 is 29.5 Å². The highest BCUT2D eigenvalue weighted by molar-refractivity contribution is 6.31. The SMILES string of the molecule is NCC(F)(F)c1cc(O)c(O)cc1Cl. The third-order valence-electron chi connectivity index (χ3n) is 1.71. The fourth-order valence-corrected chi connectivity index (χ4v) is 1.24. The lowest BCUT2D eigenvalue weighted by atomic mass is 10.1. The van der Waals surface area contributed by atoms with Crippen molar-refractivity contribution in [2.24, 2.45) is 5.73 Å². The van der Waals surface area contributed by atoms with E-state index in [0.29, 0.717) is 6.07 Å². The summed E-state index contributed by atoms with van der Waals surface area (Å²) in [5.41, 5.74) is 4.24. The van der Waals surface area contributed by atoms with E-state index in [1.807, 2.05) is 0 Å². The van der Waals surface area contributed by atoms with Crippen LogP contribution in [0.2, 0.25) is 5.02 Å². The number of aromatic hydroxyl groups is 2. The van der Waals surface area contributed by atoms with Gasteiger partial charge in [0.05, 0.1) is 11.6 Å². The lowest BCUT2D eigenvalue weighted by molar-refractivity contribution is 0.00582. The van der Waals surface area contributed by atoms with Crippen molar-refractivity contribution in [3.8, 4) is 11.5 Å². The first-order valence-electron chi connectivity index (χ1n) is 3.68. The highest BCUT2D eigenvalue weighted by Crippen LogP contribution is 2.38. The molecule has 0 bridgehead atoms. The second-order valence-corrected chi connectivity index (χ2v) is 3.14. The molecule has 0 heterocycles. The van der Waals surface area contributed by atoms with Crippen LogP contribution in [-0.2, 0) is 5.92 Å². The summed E-state index contributed by atoms with van der Waals surface area (Å²) in [4.78, 5) is 0. The van der Waals surface area contributed by atoms with Gasteiger partial charge in [0, 0.05) is 11.6 Å². The van der Waals surface area contributed by atoms with Crippen molar-refractivity contribution in [1.29, 1.82) is 0 Å². The third kappa shape index (κ3) is 1.88. The van der Waals surface area contributed by atoms with E-state index in [1.54, 1.807) is 0 Å². The molecule has 0 amide bonds. The van der Waals surface area contributed by atoms with Gasteiger partial charge in [-0.05, 0) is 6.07 Å². The van der Waals surface area contributed by atoms with Crippen LogP contribution >= 0.6 is 11.6 Å². The van der Waals surface area contributed by atoms with Gasteiger partial charge < -0.3 is 15.9 Å². The molecule has 0 aromatic heterocycles. The van der Waals surface area contributed by atoms with Crippen LogP contribution in [0.25, 0.3) is 0 Å². The Morgan fingerprint density at radius 1 is 1.29 bits per heavy atom. The highest BCUT2D eigenvalue weighted by atomic mass is 35.5. The van der Waals surface area contributed by atoms with E-state index in [4.69, 9.17) is 27.5 Å². The molecule has 1 rings (SSSR count). The smallest absolute Gasteiger partial charge is 0.286 e. The maximum Gasteiger partial charge on any atom is 0.286 e. The zero-order valence-corrected chi connectivity index (χ0v) is 7.72. The van der Waals surface area contributed by atoms with E-state index >= 15 is 0 Å². The van der Waals surface area contributed by atoms with Crippen molar-refractivity contribution in [3.05, 3.63) is 22.7 Å². The Bertz CT molecular complexity index is 357. The van der Waals surface area contributed by atoms with Crippen LogP contribution in [-0.4, -0.2) is 16.8 Å². The summed E-state index contributed by atoms with van der Waals surface area (Å²) < 4.78 is 26.1. The molecular weight excluding hydrogens is 216 g/mol. The summed E-state index contributed by atoms with van der Waals surface area (Å²) in [7, 11) is 0. The number of alkyl halides is 2. The first-order valence-corrected chi connectivity index (χ1v) is 4.06. The first-order chi connectivity index (χ1) is 6.38. The van der Waals surface area contributed by atoms with Crippen LogP contribution in [0.5, 0.6) is 11.5 Å². The van der Waals surface area contributed by atoms with E-state index in [9.17, 15) is 8.78 Å². The molecule has 6 heteroatoms. The molecule has 0 aliphatic heterocycles. The molecule has 0 spiro atoms. The molecule has 14 heavy (non-hydrogen) atoms. The largest absolute Gasteiger partial charge is 0.504 e. The molecule has 1 aromatic rings. The van der Waals surface area contributed by atoms with Crippen LogP contribution in [0, 0.1) is 0 Å². The summed E-state index contributed by atoms with van der Waals surface area (Å²) >= 11 is 5.46. The number of phenols is 2. The van der Waals surface area contributed by atoms with Crippen LogP contribution in [0.15, 0.2) is 12.1 Å². The van der Waals surface area contributed by atoms with E-state index in [2.05, 4.69) is 0 Å². The predicted molar refractivity (Wildman–Crippen MR) is 47.7 cm³/mol. The quantitative estimate of drug-likeness (QED) is 0.670. The fraction of sp³-hybridized carbons (Fsp3) is 0.250. The summed E-state index contributed by atoms with van der Waals surface area (Å²) in [6, 6.07) is 1.54. The number of nitrogens with two attached hydrogens (primary N) is 1. The van der Waals surface area contributed by atoms with Crippen molar-refractivity contribution < 1.29 is 19.0 Å². The normalized spacial score (nSPS) is 11.7. The van der Waals surface area contributed by atoms with Gasteiger partial charge in [0.1, 0.15) is 0 Å². The van der Waals surface area contributed by atoms with Gasteiger partial charge in [-0.25, -0.2) is 0 Å². The lowest BCUT2D eigenvalue weighted by Gasteiger charge is -2.16. The Balaban J connectivity index is 3.29. The molecule has 4 N–H and O–H groups in total. The minimum atomic E-state index is -3.32. The Morgan fingerprint density at radius 3 is 2.29 bits per heavy atom. The number of hydrogen-bond acceptors (Lipinski definition) is 3. The number of phenolic OH excluding ortho intramolecular Hbond substituents is 2. The maximum atomic E-state index is 13.1. The van der Waals surface area contributed by atoms with Crippen LogP contribution < -0.4 is 5.73 Å². The molecule has 0 aliphatic carbocycles. The molecule has 1 aromatic carbocycles. The van der Waals surface area contributed by atoms with Crippen molar-refractivity contribution in [1.82, 2.24) is 0 Å². The van der Waals surface area contributed by atoms with E-state index in [0.717, 1.165) is 6.07 Å². The Morgan fingerprint density at radius 2 is 1.79 bits per heavy atom. The van der Waals surface area contributed by atoms with Gasteiger partial charge in [-0.3, -0.25) is 0 Å². The zero-order chi connectivity index (χ0) is 10.9. The maximum absolute atomic E-state index is 13.1. The minimum absolute atomic E-state index is 0.337. The zero-order valence-electron chi connectivity index (χ0n) is 6.97. The number of rotatable bonds is 2. The Labute approximate surface area is 83.7 Å². The van der Waals surface area contributed by atoms with Crippen LogP contribution in [0.1, 0.15) is 5.56 Å². The molecule has 0 fully saturated rings. The average Bonchev–Trinajstić information content (AvgIpc) is 2.11. The Kier molecular flexibility index (Phi) is 2.82. The molecule has 78 valence electrons. The van der Waals surface area contributed by atoms with E-state index in [1.165, 1.54) is 0 Å². The average molecular weight is 224 g/mol. The molecule has 0 unspecified atom stereocenters. The van der Waals surface area contributed by atoms with Crippen molar-refractivity contribution in [3.63, 3.8) is 0 Å². The molecule has 0 aliphatic rings.